The van der Waals surface area contributed by atoms with E-state index in [2.05, 4.69) is 10.6 Å². The lowest BCUT2D eigenvalue weighted by molar-refractivity contribution is -0.126. The van der Waals surface area contributed by atoms with Crippen molar-refractivity contribution in [3.8, 4) is 0 Å². The second kappa shape index (κ2) is 6.39. The SMILES string of the molecule is O=C(CN1C(=O)CSc2ccccc21)NCC(=O)NC1CC1. The minimum Gasteiger partial charge on any atom is -0.352 e. The first-order valence-electron chi connectivity index (χ1n) is 7.22. The van der Waals surface area contributed by atoms with Gasteiger partial charge in [0.1, 0.15) is 6.54 Å². The third-order valence-electron chi connectivity index (χ3n) is 3.50. The lowest BCUT2D eigenvalue weighted by atomic mass is 10.2. The van der Waals surface area contributed by atoms with Crippen molar-refractivity contribution in [2.75, 3.05) is 23.7 Å². The van der Waals surface area contributed by atoms with E-state index in [9.17, 15) is 14.4 Å². The van der Waals surface area contributed by atoms with E-state index in [1.807, 2.05) is 24.3 Å². The van der Waals surface area contributed by atoms with Crippen molar-refractivity contribution in [1.29, 1.82) is 0 Å². The molecule has 7 heteroatoms. The highest BCUT2D eigenvalue weighted by molar-refractivity contribution is 8.00. The Morgan fingerprint density at radius 2 is 2.00 bits per heavy atom. The summed E-state index contributed by atoms with van der Waals surface area (Å²) in [5.41, 5.74) is 0.751. The summed E-state index contributed by atoms with van der Waals surface area (Å²) >= 11 is 1.47. The van der Waals surface area contributed by atoms with Crippen LogP contribution in [0.4, 0.5) is 5.69 Å². The van der Waals surface area contributed by atoms with Crippen LogP contribution in [0.2, 0.25) is 0 Å². The number of nitrogens with zero attached hydrogens (tertiary/aromatic N) is 1. The molecule has 1 aliphatic heterocycles. The van der Waals surface area contributed by atoms with Gasteiger partial charge >= 0.3 is 0 Å². The van der Waals surface area contributed by atoms with Crippen LogP contribution >= 0.6 is 11.8 Å². The minimum atomic E-state index is -0.332. The van der Waals surface area contributed by atoms with Crippen LogP contribution in [0.15, 0.2) is 29.2 Å². The molecular weight excluding hydrogens is 302 g/mol. The average Bonchev–Trinajstić information content (AvgIpc) is 3.32. The largest absolute Gasteiger partial charge is 0.352 e. The van der Waals surface area contributed by atoms with Gasteiger partial charge in [-0.25, -0.2) is 0 Å². The summed E-state index contributed by atoms with van der Waals surface area (Å²) in [6.07, 6.45) is 2.02. The Labute approximate surface area is 132 Å². The van der Waals surface area contributed by atoms with Gasteiger partial charge in [0.15, 0.2) is 0 Å². The third kappa shape index (κ3) is 3.59. The number of thioether (sulfide) groups is 1. The van der Waals surface area contributed by atoms with Gasteiger partial charge in [0.05, 0.1) is 18.0 Å². The lowest BCUT2D eigenvalue weighted by Gasteiger charge is -2.28. The number of benzene rings is 1. The van der Waals surface area contributed by atoms with Crippen LogP contribution in [-0.2, 0) is 14.4 Å². The Bertz CT molecular complexity index is 616. The number of hydrogen-bond acceptors (Lipinski definition) is 4. The Morgan fingerprint density at radius 3 is 2.77 bits per heavy atom. The molecule has 6 nitrogen and oxygen atoms in total. The fourth-order valence-electron chi connectivity index (χ4n) is 2.21. The minimum absolute atomic E-state index is 0.0479. The molecule has 0 spiro atoms. The Hall–Kier alpha value is -2.02. The Balaban J connectivity index is 1.56. The molecule has 0 aromatic heterocycles. The van der Waals surface area contributed by atoms with Gasteiger partial charge in [-0.1, -0.05) is 12.1 Å². The summed E-state index contributed by atoms with van der Waals surface area (Å²) in [6.45, 7) is -0.110. The molecule has 116 valence electrons. The van der Waals surface area contributed by atoms with Gasteiger partial charge < -0.3 is 15.5 Å². The first kappa shape index (κ1) is 14.9. The smallest absolute Gasteiger partial charge is 0.240 e. The molecule has 0 atom stereocenters. The maximum Gasteiger partial charge on any atom is 0.240 e. The number of para-hydroxylation sites is 1. The molecule has 3 amide bonds. The number of amides is 3. The highest BCUT2D eigenvalue weighted by atomic mass is 32.2. The molecule has 2 N–H and O–H groups in total. The van der Waals surface area contributed by atoms with Crippen molar-refractivity contribution in [2.45, 2.75) is 23.8 Å². The molecule has 1 heterocycles. The van der Waals surface area contributed by atoms with Crippen LogP contribution in [0.3, 0.4) is 0 Å². The summed E-state index contributed by atoms with van der Waals surface area (Å²) in [7, 11) is 0. The van der Waals surface area contributed by atoms with E-state index in [4.69, 9.17) is 0 Å². The summed E-state index contributed by atoms with van der Waals surface area (Å²) < 4.78 is 0. The van der Waals surface area contributed by atoms with Crippen molar-refractivity contribution in [3.05, 3.63) is 24.3 Å². The van der Waals surface area contributed by atoms with Crippen molar-refractivity contribution in [2.24, 2.45) is 0 Å². The molecule has 3 rings (SSSR count). The van der Waals surface area contributed by atoms with E-state index in [1.54, 1.807) is 0 Å². The van der Waals surface area contributed by atoms with E-state index in [0.717, 1.165) is 23.4 Å². The van der Waals surface area contributed by atoms with Crippen molar-refractivity contribution < 1.29 is 14.4 Å². The van der Waals surface area contributed by atoms with E-state index in [1.165, 1.54) is 16.7 Å². The van der Waals surface area contributed by atoms with Crippen molar-refractivity contribution in [1.82, 2.24) is 10.6 Å². The number of carbonyl (C=O) groups is 3. The van der Waals surface area contributed by atoms with Gasteiger partial charge in [0.25, 0.3) is 0 Å². The number of rotatable bonds is 5. The molecule has 1 saturated carbocycles. The van der Waals surface area contributed by atoms with Gasteiger partial charge in [-0.2, -0.15) is 0 Å². The van der Waals surface area contributed by atoms with Gasteiger partial charge in [-0.05, 0) is 25.0 Å². The van der Waals surface area contributed by atoms with Gasteiger partial charge in [0.2, 0.25) is 17.7 Å². The molecule has 1 aromatic rings. The van der Waals surface area contributed by atoms with E-state index >= 15 is 0 Å². The summed E-state index contributed by atoms with van der Waals surface area (Å²) in [5, 5.41) is 5.36. The molecule has 0 unspecified atom stereocenters. The molecule has 0 saturated heterocycles. The molecule has 0 bridgehead atoms. The van der Waals surface area contributed by atoms with Crippen LogP contribution in [0, 0.1) is 0 Å². The van der Waals surface area contributed by atoms with Crippen molar-refractivity contribution in [3.63, 3.8) is 0 Å². The molecular formula is C15H17N3O3S. The van der Waals surface area contributed by atoms with Gasteiger partial charge in [0, 0.05) is 10.9 Å². The molecule has 0 radical (unpaired) electrons. The Kier molecular flexibility index (Phi) is 4.33. The number of anilines is 1. The maximum atomic E-state index is 12.0. The highest BCUT2D eigenvalue weighted by Crippen LogP contribution is 2.34. The predicted molar refractivity (Wildman–Crippen MR) is 83.7 cm³/mol. The number of carbonyl (C=O) groups excluding carboxylic acids is 3. The summed E-state index contributed by atoms with van der Waals surface area (Å²) in [5.74, 6) is -0.286. The first-order chi connectivity index (χ1) is 10.6. The van der Waals surface area contributed by atoms with Crippen LogP contribution in [0.1, 0.15) is 12.8 Å². The van der Waals surface area contributed by atoms with Crippen LogP contribution in [0.25, 0.3) is 0 Å². The number of fused-ring (bicyclic) bond motifs is 1. The van der Waals surface area contributed by atoms with Gasteiger partial charge in [-0.3, -0.25) is 14.4 Å². The topological polar surface area (TPSA) is 78.5 Å². The quantitative estimate of drug-likeness (QED) is 0.829. The van der Waals surface area contributed by atoms with Crippen LogP contribution < -0.4 is 15.5 Å². The summed E-state index contributed by atoms with van der Waals surface area (Å²) in [6, 6.07) is 7.78. The van der Waals surface area contributed by atoms with Crippen molar-refractivity contribution >= 4 is 35.2 Å². The van der Waals surface area contributed by atoms with E-state index < -0.39 is 0 Å². The molecule has 1 fully saturated rings. The standard InChI is InChI=1S/C15H17N3O3S/c19-13(17-10-5-6-10)7-16-14(20)8-18-11-3-1-2-4-12(11)22-9-15(18)21/h1-4,10H,5-9H2,(H,16,20)(H,17,19). The van der Waals surface area contributed by atoms with Gasteiger partial charge in [-0.15, -0.1) is 11.8 Å². The van der Waals surface area contributed by atoms with E-state index in [0.29, 0.717) is 5.75 Å². The molecule has 2 aliphatic rings. The molecule has 22 heavy (non-hydrogen) atoms. The number of nitrogens with one attached hydrogen (secondary N) is 2. The fourth-order valence-corrected chi connectivity index (χ4v) is 3.15. The predicted octanol–water partition coefficient (Wildman–Crippen LogP) is 0.520. The van der Waals surface area contributed by atoms with E-state index in [-0.39, 0.29) is 36.9 Å². The maximum absolute atomic E-state index is 12.0. The zero-order valence-corrected chi connectivity index (χ0v) is 12.8. The molecule has 1 aliphatic carbocycles. The molecule has 1 aromatic carbocycles. The second-order valence-electron chi connectivity index (χ2n) is 5.35. The zero-order chi connectivity index (χ0) is 15.5. The highest BCUT2D eigenvalue weighted by Gasteiger charge is 2.27. The summed E-state index contributed by atoms with van der Waals surface area (Å²) in [4.78, 5) is 38.0. The second-order valence-corrected chi connectivity index (χ2v) is 6.37. The normalized spacial score (nSPS) is 16.9. The average molecular weight is 319 g/mol. The Morgan fingerprint density at radius 1 is 1.23 bits per heavy atom. The lowest BCUT2D eigenvalue weighted by Crippen LogP contribution is -2.45. The first-order valence-corrected chi connectivity index (χ1v) is 8.20. The van der Waals surface area contributed by atoms with Crippen LogP contribution in [-0.4, -0.2) is 42.6 Å². The fraction of sp³-hybridized carbons (Fsp3) is 0.400. The zero-order valence-electron chi connectivity index (χ0n) is 12.0. The van der Waals surface area contributed by atoms with Crippen LogP contribution in [0.5, 0.6) is 0 Å². The third-order valence-corrected chi connectivity index (χ3v) is 4.55. The monoisotopic (exact) mass is 319 g/mol. The number of hydrogen-bond donors (Lipinski definition) is 2.